The zero-order chi connectivity index (χ0) is 22.8. The zero-order valence-corrected chi connectivity index (χ0v) is 20.0. The normalized spacial score (nSPS) is 11.7. The van der Waals surface area contributed by atoms with Crippen molar-refractivity contribution in [2.24, 2.45) is 0 Å². The van der Waals surface area contributed by atoms with Gasteiger partial charge >= 0.3 is 0 Å². The molecule has 3 aromatic rings. The van der Waals surface area contributed by atoms with Gasteiger partial charge in [0.15, 0.2) is 0 Å². The van der Waals surface area contributed by atoms with E-state index in [-0.39, 0.29) is 10.8 Å². The van der Waals surface area contributed by atoms with Crippen LogP contribution in [0.5, 0.6) is 0 Å². The quantitative estimate of drug-likeness (QED) is 0.540. The summed E-state index contributed by atoms with van der Waals surface area (Å²) in [6.07, 6.45) is 0. The van der Waals surface area contributed by atoms with E-state index in [1.54, 1.807) is 35.6 Å². The number of nitrogens with one attached hydrogen (secondary N) is 1. The van der Waals surface area contributed by atoms with Crippen LogP contribution in [0.2, 0.25) is 0 Å². The maximum absolute atomic E-state index is 12.9. The number of hydrogen-bond acceptors (Lipinski definition) is 5. The molecule has 164 valence electrons. The first-order valence-electron chi connectivity index (χ1n) is 10.1. The first-order chi connectivity index (χ1) is 14.7. The lowest BCUT2D eigenvalue weighted by Crippen LogP contribution is -2.30. The van der Waals surface area contributed by atoms with Gasteiger partial charge in [-0.25, -0.2) is 13.4 Å². The molecule has 0 aliphatic heterocycles. The molecule has 2 aromatic carbocycles. The van der Waals surface area contributed by atoms with Crippen molar-refractivity contribution in [2.75, 3.05) is 18.4 Å². The molecule has 1 aromatic heterocycles. The first kappa shape index (κ1) is 23.1. The van der Waals surface area contributed by atoms with Crippen molar-refractivity contribution in [3.05, 3.63) is 64.2 Å². The molecule has 0 radical (unpaired) electrons. The topological polar surface area (TPSA) is 79.4 Å². The fraction of sp³-hybridized carbons (Fsp3) is 0.304. The number of anilines is 1. The lowest BCUT2D eigenvalue weighted by atomic mass is 10.1. The molecule has 0 spiro atoms. The van der Waals surface area contributed by atoms with Crippen molar-refractivity contribution in [1.29, 1.82) is 0 Å². The monoisotopic (exact) mass is 457 g/mol. The van der Waals surface area contributed by atoms with Gasteiger partial charge in [-0.15, -0.1) is 11.3 Å². The summed E-state index contributed by atoms with van der Waals surface area (Å²) in [6.45, 7) is 10.0. The number of sulfonamides is 1. The molecule has 3 rings (SSSR count). The Balaban J connectivity index is 1.88. The Morgan fingerprint density at radius 1 is 1.06 bits per heavy atom. The maximum Gasteiger partial charge on any atom is 0.255 e. The van der Waals surface area contributed by atoms with Gasteiger partial charge in [0.25, 0.3) is 5.91 Å². The Labute approximate surface area is 188 Å². The molecule has 0 aliphatic rings. The number of nitrogens with zero attached hydrogens (tertiary/aromatic N) is 2. The van der Waals surface area contributed by atoms with Crippen molar-refractivity contribution in [3.63, 3.8) is 0 Å². The molecule has 0 fully saturated rings. The van der Waals surface area contributed by atoms with Crippen LogP contribution in [0, 0.1) is 20.8 Å². The molecule has 0 saturated carbocycles. The second-order valence-electron chi connectivity index (χ2n) is 7.33. The Hall–Kier alpha value is -2.55. The van der Waals surface area contributed by atoms with Crippen molar-refractivity contribution < 1.29 is 13.2 Å². The van der Waals surface area contributed by atoms with Gasteiger partial charge in [0, 0.05) is 41.0 Å². The third-order valence-corrected chi connectivity index (χ3v) is 8.28. The number of rotatable bonds is 7. The van der Waals surface area contributed by atoms with Crippen LogP contribution in [-0.4, -0.2) is 36.7 Å². The van der Waals surface area contributed by atoms with E-state index in [0.29, 0.717) is 24.3 Å². The van der Waals surface area contributed by atoms with Crippen LogP contribution in [0.3, 0.4) is 0 Å². The fourth-order valence-electron chi connectivity index (χ4n) is 3.26. The number of carbonyl (C=O) groups is 1. The van der Waals surface area contributed by atoms with E-state index in [1.165, 1.54) is 4.31 Å². The number of amides is 1. The maximum atomic E-state index is 12.9. The molecule has 1 amide bonds. The molecule has 31 heavy (non-hydrogen) atoms. The van der Waals surface area contributed by atoms with Crippen LogP contribution in [0.1, 0.15) is 41.0 Å². The van der Waals surface area contributed by atoms with Gasteiger partial charge in [0.1, 0.15) is 5.01 Å². The Bertz CT molecular complexity index is 1200. The molecular formula is C23H27N3O3S2. The number of aromatic nitrogens is 1. The van der Waals surface area contributed by atoms with E-state index in [0.717, 1.165) is 27.4 Å². The van der Waals surface area contributed by atoms with Gasteiger partial charge in [-0.1, -0.05) is 26.0 Å². The molecule has 1 N–H and O–H groups in total. The highest BCUT2D eigenvalue weighted by Gasteiger charge is 2.23. The van der Waals surface area contributed by atoms with Gasteiger partial charge in [-0.05, 0) is 56.2 Å². The molecule has 6 nitrogen and oxygen atoms in total. The van der Waals surface area contributed by atoms with Gasteiger partial charge in [-0.2, -0.15) is 4.31 Å². The number of thiazole rings is 1. The van der Waals surface area contributed by atoms with E-state index >= 15 is 0 Å². The van der Waals surface area contributed by atoms with Gasteiger partial charge in [0.05, 0.1) is 4.90 Å². The molecule has 0 atom stereocenters. The molecule has 1 heterocycles. The van der Waals surface area contributed by atoms with Crippen LogP contribution in [0.25, 0.3) is 10.6 Å². The molecule has 0 bridgehead atoms. The van der Waals surface area contributed by atoms with E-state index < -0.39 is 10.0 Å². The summed E-state index contributed by atoms with van der Waals surface area (Å²) in [5, 5.41) is 5.78. The molecular weight excluding hydrogens is 430 g/mol. The summed E-state index contributed by atoms with van der Waals surface area (Å²) in [5.41, 5.74) is 4.54. The highest BCUT2D eigenvalue weighted by atomic mass is 32.2. The van der Waals surface area contributed by atoms with Crippen molar-refractivity contribution in [2.45, 2.75) is 39.5 Å². The summed E-state index contributed by atoms with van der Waals surface area (Å²) in [5.74, 6) is -0.290. The van der Waals surface area contributed by atoms with E-state index in [2.05, 4.69) is 10.3 Å². The van der Waals surface area contributed by atoms with E-state index in [9.17, 15) is 13.2 Å². The third kappa shape index (κ3) is 4.87. The van der Waals surface area contributed by atoms with Crippen molar-refractivity contribution >= 4 is 33.0 Å². The third-order valence-electron chi connectivity index (χ3n) is 5.25. The number of aryl methyl sites for hydroxylation is 2. The standard InChI is InChI=1S/C23H27N3O3S2/c1-6-26(7-2)31(28,29)20-12-15(3)17(5)21(13-20)25-22(27)18-8-10-19(11-9-18)23-24-16(4)14-30-23/h8-14H,6-7H2,1-5H3,(H,25,27). The summed E-state index contributed by atoms with van der Waals surface area (Å²) >= 11 is 1.56. The fourth-order valence-corrected chi connectivity index (χ4v) is 5.64. The Kier molecular flexibility index (Phi) is 6.93. The summed E-state index contributed by atoms with van der Waals surface area (Å²) in [7, 11) is -3.62. The molecule has 0 unspecified atom stereocenters. The van der Waals surface area contributed by atoms with Crippen LogP contribution < -0.4 is 5.32 Å². The first-order valence-corrected chi connectivity index (χ1v) is 12.4. The SMILES string of the molecule is CCN(CC)S(=O)(=O)c1cc(C)c(C)c(NC(=O)c2ccc(-c3nc(C)cs3)cc2)c1. The number of carbonyl (C=O) groups excluding carboxylic acids is 1. The van der Waals surface area contributed by atoms with Crippen LogP contribution in [0.4, 0.5) is 5.69 Å². The summed E-state index contributed by atoms with van der Waals surface area (Å²) in [6, 6.07) is 10.4. The predicted molar refractivity (Wildman–Crippen MR) is 126 cm³/mol. The second-order valence-corrected chi connectivity index (χ2v) is 10.1. The Morgan fingerprint density at radius 3 is 2.26 bits per heavy atom. The minimum Gasteiger partial charge on any atom is -0.322 e. The Morgan fingerprint density at radius 2 is 1.71 bits per heavy atom. The molecule has 0 aliphatic carbocycles. The smallest absolute Gasteiger partial charge is 0.255 e. The molecule has 8 heteroatoms. The number of hydrogen-bond donors (Lipinski definition) is 1. The highest BCUT2D eigenvalue weighted by Crippen LogP contribution is 2.27. The minimum atomic E-state index is -3.62. The summed E-state index contributed by atoms with van der Waals surface area (Å²) < 4.78 is 27.3. The van der Waals surface area contributed by atoms with Gasteiger partial charge in [-0.3, -0.25) is 4.79 Å². The number of benzene rings is 2. The summed E-state index contributed by atoms with van der Waals surface area (Å²) in [4.78, 5) is 17.5. The van der Waals surface area contributed by atoms with Gasteiger partial charge in [0.2, 0.25) is 10.0 Å². The van der Waals surface area contributed by atoms with Crippen LogP contribution in [0.15, 0.2) is 46.7 Å². The largest absolute Gasteiger partial charge is 0.322 e. The minimum absolute atomic E-state index is 0.184. The van der Waals surface area contributed by atoms with Gasteiger partial charge < -0.3 is 5.32 Å². The predicted octanol–water partition coefficient (Wildman–Crippen LogP) is 5.02. The van der Waals surface area contributed by atoms with Crippen LogP contribution >= 0.6 is 11.3 Å². The zero-order valence-electron chi connectivity index (χ0n) is 18.4. The molecule has 0 saturated heterocycles. The highest BCUT2D eigenvalue weighted by molar-refractivity contribution is 7.89. The lowest BCUT2D eigenvalue weighted by Gasteiger charge is -2.20. The lowest BCUT2D eigenvalue weighted by molar-refractivity contribution is 0.102. The average Bonchev–Trinajstić information content (AvgIpc) is 3.18. The van der Waals surface area contributed by atoms with Crippen molar-refractivity contribution in [1.82, 2.24) is 9.29 Å². The van der Waals surface area contributed by atoms with Crippen LogP contribution in [-0.2, 0) is 10.0 Å². The van der Waals surface area contributed by atoms with E-state index in [4.69, 9.17) is 0 Å². The second kappa shape index (κ2) is 9.30. The van der Waals surface area contributed by atoms with Crippen molar-refractivity contribution in [3.8, 4) is 10.6 Å². The average molecular weight is 458 g/mol. The van der Waals surface area contributed by atoms with E-state index in [1.807, 2.05) is 52.1 Å².